The average Bonchev–Trinajstić information content (AvgIpc) is 3.06. The van der Waals surface area contributed by atoms with E-state index in [0.717, 1.165) is 16.7 Å². The van der Waals surface area contributed by atoms with E-state index in [1.807, 2.05) is 45.9 Å². The second kappa shape index (κ2) is 8.51. The first-order chi connectivity index (χ1) is 14.9. The third-order valence-electron chi connectivity index (χ3n) is 5.49. The molecule has 0 bridgehead atoms. The number of rotatable bonds is 7. The molecule has 0 spiro atoms. The number of hydrogen-bond acceptors (Lipinski definition) is 4. The first-order valence-corrected chi connectivity index (χ1v) is 10.7. The molecule has 0 atom stereocenters. The summed E-state index contributed by atoms with van der Waals surface area (Å²) in [4.78, 5) is 26.6. The van der Waals surface area contributed by atoms with E-state index in [1.165, 1.54) is 4.68 Å². The minimum Gasteiger partial charge on any atom is -0.379 e. The van der Waals surface area contributed by atoms with Gasteiger partial charge in [0.15, 0.2) is 0 Å². The lowest BCUT2D eigenvalue weighted by Crippen LogP contribution is -2.27. The molecule has 0 saturated heterocycles. The maximum atomic E-state index is 13.3. The molecule has 7 nitrogen and oxygen atoms in total. The fraction of sp³-hybridized carbons (Fsp3) is 0.375. The van der Waals surface area contributed by atoms with Crippen LogP contribution in [0.5, 0.6) is 0 Å². The summed E-state index contributed by atoms with van der Waals surface area (Å²) >= 11 is 0. The highest BCUT2D eigenvalue weighted by Crippen LogP contribution is 2.14. The highest BCUT2D eigenvalue weighted by molar-refractivity contribution is 5.80. The van der Waals surface area contributed by atoms with Gasteiger partial charge in [-0.05, 0) is 57.4 Å². The summed E-state index contributed by atoms with van der Waals surface area (Å²) < 4.78 is 10.2. The van der Waals surface area contributed by atoms with Crippen molar-refractivity contribution in [3.63, 3.8) is 0 Å². The van der Waals surface area contributed by atoms with Gasteiger partial charge < -0.3 is 4.74 Å². The molecule has 0 amide bonds. The second-order valence-corrected chi connectivity index (χ2v) is 8.25. The quantitative estimate of drug-likeness (QED) is 0.430. The number of ether oxygens (including phenoxy) is 1. The predicted molar refractivity (Wildman–Crippen MR) is 122 cm³/mol. The summed E-state index contributed by atoms with van der Waals surface area (Å²) in [6.07, 6.45) is 0.789. The maximum absolute atomic E-state index is 13.3. The van der Waals surface area contributed by atoms with E-state index >= 15 is 0 Å². The summed E-state index contributed by atoms with van der Waals surface area (Å²) in [5, 5.41) is 5.10. The Morgan fingerprint density at radius 3 is 2.61 bits per heavy atom. The van der Waals surface area contributed by atoms with E-state index in [9.17, 15) is 9.59 Å². The van der Waals surface area contributed by atoms with Crippen molar-refractivity contribution in [2.45, 2.75) is 53.3 Å². The Bertz CT molecular complexity index is 1360. The predicted octanol–water partition coefficient (Wildman–Crippen LogP) is 3.29. The number of nitrogens with zero attached hydrogens (tertiary/aromatic N) is 4. The van der Waals surface area contributed by atoms with Gasteiger partial charge >= 0.3 is 5.69 Å². The molecular weight excluding hydrogens is 392 g/mol. The second-order valence-electron chi connectivity index (χ2n) is 8.25. The molecule has 31 heavy (non-hydrogen) atoms. The van der Waals surface area contributed by atoms with Gasteiger partial charge in [0.05, 0.1) is 23.6 Å². The van der Waals surface area contributed by atoms with Crippen molar-refractivity contribution in [2.75, 3.05) is 6.61 Å². The lowest BCUT2D eigenvalue weighted by Gasteiger charge is -2.11. The smallest absolute Gasteiger partial charge is 0.352 e. The normalized spacial score (nSPS) is 11.8. The summed E-state index contributed by atoms with van der Waals surface area (Å²) in [5.41, 5.74) is 3.45. The van der Waals surface area contributed by atoms with Gasteiger partial charge in [-0.25, -0.2) is 13.9 Å². The summed E-state index contributed by atoms with van der Waals surface area (Å²) in [6, 6.07) is 13.4. The zero-order valence-corrected chi connectivity index (χ0v) is 18.5. The lowest BCUT2D eigenvalue weighted by molar-refractivity contribution is 0.0748. The van der Waals surface area contributed by atoms with Crippen molar-refractivity contribution in [1.82, 2.24) is 18.7 Å². The van der Waals surface area contributed by atoms with Crippen LogP contribution in [0.15, 0.2) is 52.1 Å². The Hall–Kier alpha value is -3.19. The molecule has 2 aromatic heterocycles. The van der Waals surface area contributed by atoms with Crippen LogP contribution in [0.4, 0.5) is 0 Å². The largest absolute Gasteiger partial charge is 0.379 e. The molecule has 0 aliphatic heterocycles. The fourth-order valence-corrected chi connectivity index (χ4v) is 3.85. The molecule has 0 aliphatic rings. The third kappa shape index (κ3) is 4.05. The van der Waals surface area contributed by atoms with Crippen LogP contribution in [0.2, 0.25) is 0 Å². The van der Waals surface area contributed by atoms with Gasteiger partial charge in [0.25, 0.3) is 5.56 Å². The van der Waals surface area contributed by atoms with Crippen LogP contribution in [-0.2, 0) is 17.8 Å². The lowest BCUT2D eigenvalue weighted by atomic mass is 10.1. The van der Waals surface area contributed by atoms with Crippen LogP contribution in [0, 0.1) is 13.8 Å². The standard InChI is InChI=1S/C24H28N4O3/c1-16(2)31-13-7-12-26-22(29)20-8-5-6-9-21(20)28-23(26)25-27(24(28)30)15-19-14-17(3)10-11-18(19)4/h5-6,8-11,14,16H,7,12-13,15H2,1-4H3. The van der Waals surface area contributed by atoms with Gasteiger partial charge in [-0.15, -0.1) is 5.10 Å². The zero-order valence-electron chi connectivity index (χ0n) is 18.5. The van der Waals surface area contributed by atoms with E-state index in [2.05, 4.69) is 17.2 Å². The van der Waals surface area contributed by atoms with E-state index in [4.69, 9.17) is 4.74 Å². The molecule has 0 N–H and O–H groups in total. The number of benzene rings is 2. The van der Waals surface area contributed by atoms with E-state index in [0.29, 0.717) is 42.8 Å². The van der Waals surface area contributed by atoms with Gasteiger partial charge in [0.2, 0.25) is 5.78 Å². The molecule has 0 radical (unpaired) electrons. The number of aromatic nitrogens is 4. The molecule has 0 aliphatic carbocycles. The van der Waals surface area contributed by atoms with Crippen LogP contribution >= 0.6 is 0 Å². The van der Waals surface area contributed by atoms with E-state index in [-0.39, 0.29) is 17.4 Å². The minimum absolute atomic E-state index is 0.132. The molecule has 0 unspecified atom stereocenters. The maximum Gasteiger partial charge on any atom is 0.352 e. The van der Waals surface area contributed by atoms with Gasteiger partial charge in [-0.3, -0.25) is 9.36 Å². The average molecular weight is 421 g/mol. The van der Waals surface area contributed by atoms with Gasteiger partial charge in [-0.1, -0.05) is 35.9 Å². The molecule has 0 saturated carbocycles. The Morgan fingerprint density at radius 2 is 1.84 bits per heavy atom. The molecule has 7 heteroatoms. The highest BCUT2D eigenvalue weighted by atomic mass is 16.5. The molecular formula is C24H28N4O3. The van der Waals surface area contributed by atoms with Crippen LogP contribution in [0.1, 0.15) is 37.0 Å². The minimum atomic E-state index is -0.251. The molecule has 2 aromatic carbocycles. The monoisotopic (exact) mass is 420 g/mol. The fourth-order valence-electron chi connectivity index (χ4n) is 3.85. The van der Waals surface area contributed by atoms with Gasteiger partial charge in [-0.2, -0.15) is 0 Å². The molecule has 2 heterocycles. The summed E-state index contributed by atoms with van der Waals surface area (Å²) in [5.74, 6) is 0.364. The number of aryl methyl sites for hydroxylation is 3. The highest BCUT2D eigenvalue weighted by Gasteiger charge is 2.17. The van der Waals surface area contributed by atoms with Crippen LogP contribution in [-0.4, -0.2) is 31.5 Å². The van der Waals surface area contributed by atoms with E-state index in [1.54, 1.807) is 21.1 Å². The summed E-state index contributed by atoms with van der Waals surface area (Å²) in [6.45, 7) is 9.34. The van der Waals surface area contributed by atoms with Crippen molar-refractivity contribution in [1.29, 1.82) is 0 Å². The van der Waals surface area contributed by atoms with E-state index < -0.39 is 0 Å². The summed E-state index contributed by atoms with van der Waals surface area (Å²) in [7, 11) is 0. The van der Waals surface area contributed by atoms with Gasteiger partial charge in [0.1, 0.15) is 0 Å². The topological polar surface area (TPSA) is 70.5 Å². The first-order valence-electron chi connectivity index (χ1n) is 10.7. The van der Waals surface area contributed by atoms with Crippen LogP contribution < -0.4 is 11.2 Å². The SMILES string of the molecule is Cc1ccc(C)c(Cn2nc3n(CCCOC(C)C)c(=O)c4ccccc4n3c2=O)c1. The Balaban J connectivity index is 1.85. The van der Waals surface area contributed by atoms with Crippen molar-refractivity contribution in [2.24, 2.45) is 0 Å². The van der Waals surface area contributed by atoms with Crippen molar-refractivity contribution in [3.05, 3.63) is 80.0 Å². The van der Waals surface area contributed by atoms with Crippen LogP contribution in [0.25, 0.3) is 16.7 Å². The van der Waals surface area contributed by atoms with Crippen molar-refractivity contribution >= 4 is 16.7 Å². The zero-order chi connectivity index (χ0) is 22.1. The number of fused-ring (bicyclic) bond motifs is 3. The Kier molecular flexibility index (Phi) is 5.78. The first kappa shape index (κ1) is 21.1. The molecule has 4 aromatic rings. The molecule has 4 rings (SSSR count). The van der Waals surface area contributed by atoms with Gasteiger partial charge in [0, 0.05) is 13.2 Å². The Labute approximate surface area is 180 Å². The van der Waals surface area contributed by atoms with Crippen LogP contribution in [0.3, 0.4) is 0 Å². The molecule has 0 fully saturated rings. The number of para-hydroxylation sites is 1. The van der Waals surface area contributed by atoms with Crippen molar-refractivity contribution < 1.29 is 4.74 Å². The molecule has 162 valence electrons. The third-order valence-corrected chi connectivity index (χ3v) is 5.49. The van der Waals surface area contributed by atoms with Crippen molar-refractivity contribution in [3.8, 4) is 0 Å². The Morgan fingerprint density at radius 1 is 1.06 bits per heavy atom. The number of hydrogen-bond donors (Lipinski definition) is 0.